The standard InChI is InChI=1S/C10H11FO4/c1-13-7-4-8(14-2)10(15-3)6(5-12)9(7)11/h4-5H,1-3H3. The molecule has 0 atom stereocenters. The summed E-state index contributed by atoms with van der Waals surface area (Å²) in [4.78, 5) is 10.7. The van der Waals surface area contributed by atoms with Crippen LogP contribution in [-0.2, 0) is 0 Å². The molecule has 0 N–H and O–H groups in total. The van der Waals surface area contributed by atoms with Crippen molar-refractivity contribution in [3.05, 3.63) is 17.4 Å². The maximum Gasteiger partial charge on any atom is 0.179 e. The fraction of sp³-hybridized carbons (Fsp3) is 0.300. The fourth-order valence-corrected chi connectivity index (χ4v) is 1.23. The van der Waals surface area contributed by atoms with Crippen LogP contribution in [0.1, 0.15) is 10.4 Å². The van der Waals surface area contributed by atoms with Gasteiger partial charge in [-0.05, 0) is 0 Å². The fourth-order valence-electron chi connectivity index (χ4n) is 1.23. The van der Waals surface area contributed by atoms with Gasteiger partial charge in [0.25, 0.3) is 0 Å². The molecule has 0 saturated heterocycles. The van der Waals surface area contributed by atoms with E-state index in [0.717, 1.165) is 0 Å². The van der Waals surface area contributed by atoms with E-state index < -0.39 is 5.82 Å². The zero-order chi connectivity index (χ0) is 11.4. The quantitative estimate of drug-likeness (QED) is 0.715. The summed E-state index contributed by atoms with van der Waals surface area (Å²) in [6, 6.07) is 1.32. The Morgan fingerprint density at radius 3 is 2.13 bits per heavy atom. The Labute approximate surface area is 86.6 Å². The van der Waals surface area contributed by atoms with Crippen LogP contribution in [0.5, 0.6) is 17.2 Å². The number of carbonyl (C=O) groups excluding carboxylic acids is 1. The molecule has 0 saturated carbocycles. The van der Waals surface area contributed by atoms with Gasteiger partial charge in [-0.1, -0.05) is 0 Å². The van der Waals surface area contributed by atoms with Gasteiger partial charge in [-0.25, -0.2) is 4.39 Å². The first-order valence-electron chi connectivity index (χ1n) is 4.13. The topological polar surface area (TPSA) is 44.8 Å². The van der Waals surface area contributed by atoms with Gasteiger partial charge in [0.2, 0.25) is 0 Å². The first-order valence-corrected chi connectivity index (χ1v) is 4.13. The number of aldehydes is 1. The van der Waals surface area contributed by atoms with Crippen molar-refractivity contribution in [3.8, 4) is 17.2 Å². The maximum atomic E-state index is 13.5. The molecule has 0 spiro atoms. The smallest absolute Gasteiger partial charge is 0.179 e. The van der Waals surface area contributed by atoms with Gasteiger partial charge in [0.15, 0.2) is 29.4 Å². The van der Waals surface area contributed by atoms with E-state index in [2.05, 4.69) is 0 Å². The third kappa shape index (κ3) is 1.86. The molecule has 0 radical (unpaired) electrons. The third-order valence-electron chi connectivity index (χ3n) is 1.95. The summed E-state index contributed by atoms with van der Waals surface area (Å²) in [5, 5.41) is 0. The van der Waals surface area contributed by atoms with Crippen molar-refractivity contribution < 1.29 is 23.4 Å². The molecule has 0 heterocycles. The first kappa shape index (κ1) is 11.3. The molecule has 1 rings (SSSR count). The molecule has 5 heteroatoms. The van der Waals surface area contributed by atoms with E-state index in [-0.39, 0.29) is 22.8 Å². The summed E-state index contributed by atoms with van der Waals surface area (Å²) < 4.78 is 28.1. The van der Waals surface area contributed by atoms with Gasteiger partial charge in [0, 0.05) is 6.07 Å². The molecular weight excluding hydrogens is 203 g/mol. The van der Waals surface area contributed by atoms with E-state index in [9.17, 15) is 9.18 Å². The van der Waals surface area contributed by atoms with E-state index in [1.807, 2.05) is 0 Å². The van der Waals surface area contributed by atoms with Crippen LogP contribution in [0, 0.1) is 5.82 Å². The minimum absolute atomic E-state index is 0.0604. The number of benzene rings is 1. The highest BCUT2D eigenvalue weighted by molar-refractivity contribution is 5.83. The van der Waals surface area contributed by atoms with Crippen molar-refractivity contribution >= 4 is 6.29 Å². The van der Waals surface area contributed by atoms with Gasteiger partial charge in [0.05, 0.1) is 26.9 Å². The van der Waals surface area contributed by atoms with Crippen molar-refractivity contribution in [1.29, 1.82) is 0 Å². The molecule has 0 bridgehead atoms. The number of hydrogen-bond donors (Lipinski definition) is 0. The highest BCUT2D eigenvalue weighted by Gasteiger charge is 2.19. The Morgan fingerprint density at radius 1 is 1.13 bits per heavy atom. The molecule has 1 aromatic rings. The SMILES string of the molecule is COc1cc(OC)c(OC)c(C=O)c1F. The largest absolute Gasteiger partial charge is 0.494 e. The number of ether oxygens (including phenoxy) is 3. The van der Waals surface area contributed by atoms with Gasteiger partial charge in [-0.2, -0.15) is 0 Å². The maximum absolute atomic E-state index is 13.5. The Morgan fingerprint density at radius 2 is 1.73 bits per heavy atom. The minimum atomic E-state index is -0.759. The molecule has 0 aliphatic carbocycles. The third-order valence-corrected chi connectivity index (χ3v) is 1.95. The van der Waals surface area contributed by atoms with Crippen molar-refractivity contribution in [2.45, 2.75) is 0 Å². The predicted molar refractivity (Wildman–Crippen MR) is 51.4 cm³/mol. The van der Waals surface area contributed by atoms with E-state index in [0.29, 0.717) is 6.29 Å². The van der Waals surface area contributed by atoms with Gasteiger partial charge < -0.3 is 14.2 Å². The Kier molecular flexibility index (Phi) is 3.49. The molecule has 0 aliphatic heterocycles. The summed E-state index contributed by atoms with van der Waals surface area (Å²) in [6.07, 6.45) is 0.360. The second kappa shape index (κ2) is 4.63. The normalized spacial score (nSPS) is 9.60. The van der Waals surface area contributed by atoms with Crippen LogP contribution < -0.4 is 14.2 Å². The average Bonchev–Trinajstić information content (AvgIpc) is 2.28. The lowest BCUT2D eigenvalue weighted by atomic mass is 10.1. The molecule has 0 fully saturated rings. The van der Waals surface area contributed by atoms with Crippen molar-refractivity contribution in [1.82, 2.24) is 0 Å². The van der Waals surface area contributed by atoms with Crippen LogP contribution >= 0.6 is 0 Å². The number of carbonyl (C=O) groups is 1. The van der Waals surface area contributed by atoms with Crippen LogP contribution in [0.3, 0.4) is 0 Å². The van der Waals surface area contributed by atoms with Gasteiger partial charge in [-0.3, -0.25) is 4.79 Å². The molecule has 0 amide bonds. The monoisotopic (exact) mass is 214 g/mol. The van der Waals surface area contributed by atoms with Crippen LogP contribution in [0.25, 0.3) is 0 Å². The van der Waals surface area contributed by atoms with Crippen molar-refractivity contribution in [3.63, 3.8) is 0 Å². The molecule has 15 heavy (non-hydrogen) atoms. The Balaban J connectivity index is 3.49. The summed E-state index contributed by atoms with van der Waals surface area (Å²) in [5.41, 5.74) is -0.214. The summed E-state index contributed by atoms with van der Waals surface area (Å²) in [6.45, 7) is 0. The van der Waals surface area contributed by atoms with E-state index in [4.69, 9.17) is 14.2 Å². The Bertz CT molecular complexity index is 376. The lowest BCUT2D eigenvalue weighted by Gasteiger charge is -2.12. The van der Waals surface area contributed by atoms with Gasteiger partial charge in [0.1, 0.15) is 0 Å². The molecule has 1 aromatic carbocycles. The summed E-state index contributed by atoms with van der Waals surface area (Å²) >= 11 is 0. The average molecular weight is 214 g/mol. The molecular formula is C10H11FO4. The molecule has 82 valence electrons. The lowest BCUT2D eigenvalue weighted by Crippen LogP contribution is -2.01. The second-order valence-corrected chi connectivity index (χ2v) is 2.66. The summed E-state index contributed by atoms with van der Waals surface area (Å²) in [7, 11) is 4.03. The van der Waals surface area contributed by atoms with E-state index in [1.165, 1.54) is 27.4 Å². The van der Waals surface area contributed by atoms with Crippen molar-refractivity contribution in [2.75, 3.05) is 21.3 Å². The number of methoxy groups -OCH3 is 3. The zero-order valence-electron chi connectivity index (χ0n) is 8.67. The van der Waals surface area contributed by atoms with E-state index in [1.54, 1.807) is 0 Å². The molecule has 4 nitrogen and oxygen atoms in total. The number of rotatable bonds is 4. The van der Waals surface area contributed by atoms with Gasteiger partial charge in [-0.15, -0.1) is 0 Å². The van der Waals surface area contributed by atoms with Crippen LogP contribution in [-0.4, -0.2) is 27.6 Å². The lowest BCUT2D eigenvalue weighted by molar-refractivity contribution is 0.111. The summed E-state index contributed by atoms with van der Waals surface area (Å²) in [5.74, 6) is -0.511. The Hall–Kier alpha value is -1.78. The van der Waals surface area contributed by atoms with Crippen LogP contribution in [0.2, 0.25) is 0 Å². The van der Waals surface area contributed by atoms with Crippen LogP contribution in [0.15, 0.2) is 6.07 Å². The molecule has 0 aromatic heterocycles. The molecule has 0 unspecified atom stereocenters. The van der Waals surface area contributed by atoms with Crippen molar-refractivity contribution in [2.24, 2.45) is 0 Å². The minimum Gasteiger partial charge on any atom is -0.494 e. The van der Waals surface area contributed by atoms with Crippen LogP contribution in [0.4, 0.5) is 4.39 Å². The zero-order valence-corrected chi connectivity index (χ0v) is 8.67. The number of hydrogen-bond acceptors (Lipinski definition) is 4. The molecule has 0 aliphatic rings. The first-order chi connectivity index (χ1) is 7.19. The highest BCUT2D eigenvalue weighted by atomic mass is 19.1. The second-order valence-electron chi connectivity index (χ2n) is 2.66. The predicted octanol–water partition coefficient (Wildman–Crippen LogP) is 1.66. The van der Waals surface area contributed by atoms with Gasteiger partial charge >= 0.3 is 0 Å². The highest BCUT2D eigenvalue weighted by Crippen LogP contribution is 2.37. The van der Waals surface area contributed by atoms with E-state index >= 15 is 0 Å². The number of halogens is 1.